The number of H-pyrrole nitrogens is 1. The summed E-state index contributed by atoms with van der Waals surface area (Å²) in [6, 6.07) is 18.8. The molecule has 0 aliphatic heterocycles. The molecule has 2 aromatic carbocycles. The van der Waals surface area contributed by atoms with Gasteiger partial charge < -0.3 is 0 Å². The van der Waals surface area contributed by atoms with E-state index in [-0.39, 0.29) is 0 Å². The molecule has 0 amide bonds. The molecule has 0 atom stereocenters. The fourth-order valence-corrected chi connectivity index (χ4v) is 2.93. The molecule has 4 nitrogen and oxygen atoms in total. The molecule has 0 aliphatic rings. The molecule has 0 aliphatic carbocycles. The molecular formula is C19H18N4. The van der Waals surface area contributed by atoms with E-state index in [1.54, 1.807) is 0 Å². The quantitative estimate of drug-likeness (QED) is 0.623. The summed E-state index contributed by atoms with van der Waals surface area (Å²) in [5, 5.41) is 12.2. The van der Waals surface area contributed by atoms with Gasteiger partial charge in [-0.05, 0) is 25.5 Å². The Bertz CT molecular complexity index is 964. The molecule has 23 heavy (non-hydrogen) atoms. The van der Waals surface area contributed by atoms with Crippen molar-refractivity contribution in [3.8, 4) is 11.4 Å². The molecule has 1 N–H and O–H groups in total. The molecule has 0 saturated carbocycles. The molecule has 4 heteroatoms. The van der Waals surface area contributed by atoms with Gasteiger partial charge in [0, 0.05) is 23.2 Å². The second-order valence-corrected chi connectivity index (χ2v) is 5.93. The fourth-order valence-electron chi connectivity index (χ4n) is 2.93. The van der Waals surface area contributed by atoms with Crippen LogP contribution in [0.5, 0.6) is 0 Å². The summed E-state index contributed by atoms with van der Waals surface area (Å²) >= 11 is 0. The summed E-state index contributed by atoms with van der Waals surface area (Å²) in [5.74, 6) is 0.853. The van der Waals surface area contributed by atoms with E-state index in [9.17, 15) is 0 Å². The number of aryl methyl sites for hydroxylation is 2. The van der Waals surface area contributed by atoms with Crippen LogP contribution in [-0.4, -0.2) is 19.8 Å². The Kier molecular flexibility index (Phi) is 3.23. The lowest BCUT2D eigenvalue weighted by molar-refractivity contribution is 0.909. The minimum atomic E-state index is 0.853. The molecule has 0 saturated heterocycles. The minimum Gasteiger partial charge on any atom is -0.294 e. The average Bonchev–Trinajstić information content (AvgIpc) is 3.10. The third kappa shape index (κ3) is 2.42. The highest BCUT2D eigenvalue weighted by Crippen LogP contribution is 2.23. The molecule has 0 unspecified atom stereocenters. The van der Waals surface area contributed by atoms with Crippen LogP contribution in [0.3, 0.4) is 0 Å². The standard InChI is InChI=1S/C19H18N4/c1-13-7-6-10-16(11-13)19-21-20-18-14(2)17(22-23(18)19)12-15-8-4-3-5-9-15/h3-11,22H,12H2,1-2H3. The maximum absolute atomic E-state index is 4.37. The van der Waals surface area contributed by atoms with Crippen LogP contribution in [0.25, 0.3) is 17.0 Å². The van der Waals surface area contributed by atoms with Crippen LogP contribution in [0.4, 0.5) is 0 Å². The molecule has 2 aromatic heterocycles. The minimum absolute atomic E-state index is 0.853. The number of aromatic amines is 1. The maximum Gasteiger partial charge on any atom is 0.183 e. The number of nitrogens with one attached hydrogen (secondary N) is 1. The second-order valence-electron chi connectivity index (χ2n) is 5.93. The van der Waals surface area contributed by atoms with Crippen LogP contribution in [0.1, 0.15) is 22.4 Å². The van der Waals surface area contributed by atoms with Crippen molar-refractivity contribution in [2.24, 2.45) is 0 Å². The van der Waals surface area contributed by atoms with E-state index in [0.717, 1.165) is 29.0 Å². The Morgan fingerprint density at radius 1 is 0.957 bits per heavy atom. The molecule has 114 valence electrons. The summed E-state index contributed by atoms with van der Waals surface area (Å²) in [6.07, 6.45) is 0.864. The molecule has 0 radical (unpaired) electrons. The Morgan fingerprint density at radius 2 is 1.78 bits per heavy atom. The van der Waals surface area contributed by atoms with Crippen molar-refractivity contribution in [2.75, 3.05) is 0 Å². The van der Waals surface area contributed by atoms with Crippen molar-refractivity contribution in [2.45, 2.75) is 20.3 Å². The Morgan fingerprint density at radius 3 is 2.57 bits per heavy atom. The van der Waals surface area contributed by atoms with Gasteiger partial charge in [0.15, 0.2) is 11.5 Å². The first-order chi connectivity index (χ1) is 11.2. The number of rotatable bonds is 3. The summed E-state index contributed by atoms with van der Waals surface area (Å²) in [7, 11) is 0. The van der Waals surface area contributed by atoms with Gasteiger partial charge in [-0.2, -0.15) is 0 Å². The smallest absolute Gasteiger partial charge is 0.183 e. The van der Waals surface area contributed by atoms with E-state index in [1.807, 2.05) is 16.6 Å². The first-order valence-electron chi connectivity index (χ1n) is 7.76. The van der Waals surface area contributed by atoms with Gasteiger partial charge in [-0.3, -0.25) is 5.10 Å². The van der Waals surface area contributed by atoms with Crippen molar-refractivity contribution < 1.29 is 0 Å². The lowest BCUT2D eigenvalue weighted by Crippen LogP contribution is -1.94. The van der Waals surface area contributed by atoms with Crippen molar-refractivity contribution in [1.29, 1.82) is 0 Å². The molecule has 4 rings (SSSR count). The normalized spacial score (nSPS) is 11.2. The van der Waals surface area contributed by atoms with Gasteiger partial charge in [0.05, 0.1) is 0 Å². The van der Waals surface area contributed by atoms with Crippen LogP contribution >= 0.6 is 0 Å². The number of aromatic nitrogens is 4. The Hall–Kier alpha value is -2.88. The van der Waals surface area contributed by atoms with Gasteiger partial charge in [0.2, 0.25) is 0 Å². The molecular weight excluding hydrogens is 284 g/mol. The third-order valence-electron chi connectivity index (χ3n) is 4.20. The first kappa shape index (κ1) is 13.8. The highest BCUT2D eigenvalue weighted by molar-refractivity contribution is 5.62. The Labute approximate surface area is 134 Å². The lowest BCUT2D eigenvalue weighted by atomic mass is 10.1. The van der Waals surface area contributed by atoms with Gasteiger partial charge >= 0.3 is 0 Å². The summed E-state index contributed by atoms with van der Waals surface area (Å²) < 4.78 is 1.99. The van der Waals surface area contributed by atoms with E-state index in [2.05, 4.69) is 71.6 Å². The zero-order valence-corrected chi connectivity index (χ0v) is 13.2. The molecule has 0 fully saturated rings. The van der Waals surface area contributed by atoms with Crippen molar-refractivity contribution in [1.82, 2.24) is 19.8 Å². The van der Waals surface area contributed by atoms with Crippen molar-refractivity contribution in [3.05, 3.63) is 77.0 Å². The highest BCUT2D eigenvalue weighted by Gasteiger charge is 2.15. The van der Waals surface area contributed by atoms with Crippen LogP contribution in [0, 0.1) is 13.8 Å². The Balaban J connectivity index is 1.79. The lowest BCUT2D eigenvalue weighted by Gasteiger charge is -2.01. The molecule has 4 aromatic rings. The molecule has 2 heterocycles. The zero-order valence-electron chi connectivity index (χ0n) is 13.2. The first-order valence-corrected chi connectivity index (χ1v) is 7.76. The molecule has 0 bridgehead atoms. The number of benzene rings is 2. The fraction of sp³-hybridized carbons (Fsp3) is 0.158. The number of fused-ring (bicyclic) bond motifs is 1. The van der Waals surface area contributed by atoms with Crippen LogP contribution in [-0.2, 0) is 6.42 Å². The van der Waals surface area contributed by atoms with Crippen LogP contribution in [0.15, 0.2) is 54.6 Å². The second kappa shape index (κ2) is 5.39. The van der Waals surface area contributed by atoms with Gasteiger partial charge in [0.1, 0.15) is 0 Å². The van der Waals surface area contributed by atoms with Gasteiger partial charge in [0.25, 0.3) is 0 Å². The van der Waals surface area contributed by atoms with E-state index >= 15 is 0 Å². The molecule has 0 spiro atoms. The maximum atomic E-state index is 4.37. The topological polar surface area (TPSA) is 46.0 Å². The summed E-state index contributed by atoms with van der Waals surface area (Å²) in [4.78, 5) is 0. The van der Waals surface area contributed by atoms with E-state index in [4.69, 9.17) is 0 Å². The summed E-state index contributed by atoms with van der Waals surface area (Å²) in [5.41, 5.74) is 6.80. The zero-order chi connectivity index (χ0) is 15.8. The van der Waals surface area contributed by atoms with Gasteiger partial charge in [-0.15, -0.1) is 10.2 Å². The van der Waals surface area contributed by atoms with E-state index < -0.39 is 0 Å². The largest absolute Gasteiger partial charge is 0.294 e. The predicted molar refractivity (Wildman–Crippen MR) is 91.5 cm³/mol. The number of hydrogen-bond donors (Lipinski definition) is 1. The van der Waals surface area contributed by atoms with Gasteiger partial charge in [-0.25, -0.2) is 4.52 Å². The SMILES string of the molecule is Cc1cccc(-c2nnc3c(C)c(Cc4ccccc4)[nH]n23)c1. The van der Waals surface area contributed by atoms with Crippen LogP contribution < -0.4 is 0 Å². The van der Waals surface area contributed by atoms with E-state index in [1.165, 1.54) is 16.8 Å². The third-order valence-corrected chi connectivity index (χ3v) is 4.20. The predicted octanol–water partition coefficient (Wildman–Crippen LogP) is 3.93. The van der Waals surface area contributed by atoms with Crippen molar-refractivity contribution >= 4 is 5.65 Å². The highest BCUT2D eigenvalue weighted by atomic mass is 15.4. The average molecular weight is 302 g/mol. The van der Waals surface area contributed by atoms with Crippen molar-refractivity contribution in [3.63, 3.8) is 0 Å². The monoisotopic (exact) mass is 302 g/mol. The van der Waals surface area contributed by atoms with E-state index in [0.29, 0.717) is 0 Å². The number of hydrogen-bond acceptors (Lipinski definition) is 2. The van der Waals surface area contributed by atoms with Crippen LogP contribution in [0.2, 0.25) is 0 Å². The summed E-state index contributed by atoms with van der Waals surface area (Å²) in [6.45, 7) is 4.18. The number of nitrogens with zero attached hydrogens (tertiary/aromatic N) is 3. The van der Waals surface area contributed by atoms with Gasteiger partial charge in [-0.1, -0.05) is 54.1 Å².